The lowest BCUT2D eigenvalue weighted by Gasteiger charge is -2.32. The van der Waals surface area contributed by atoms with E-state index in [0.717, 1.165) is 38.4 Å². The molecule has 1 atom stereocenters. The summed E-state index contributed by atoms with van der Waals surface area (Å²) < 4.78 is 0. The minimum atomic E-state index is -0.00937. The van der Waals surface area contributed by atoms with Crippen LogP contribution in [0.15, 0.2) is 0 Å². The maximum absolute atomic E-state index is 12.2. The van der Waals surface area contributed by atoms with Crippen molar-refractivity contribution in [3.63, 3.8) is 0 Å². The molecule has 3 fully saturated rings. The summed E-state index contributed by atoms with van der Waals surface area (Å²) in [4.78, 5) is 26.2. The van der Waals surface area contributed by atoms with Crippen LogP contribution in [0.5, 0.6) is 0 Å². The predicted octanol–water partition coefficient (Wildman–Crippen LogP) is 0.751. The summed E-state index contributed by atoms with van der Waals surface area (Å²) >= 11 is 0. The highest BCUT2D eigenvalue weighted by atomic mass is 16.2. The molecule has 1 heterocycles. The second-order valence-electron chi connectivity index (χ2n) is 6.94. The zero-order valence-electron chi connectivity index (χ0n) is 12.8. The molecule has 3 aliphatic rings. The van der Waals surface area contributed by atoms with Crippen molar-refractivity contribution in [2.24, 2.45) is 17.8 Å². The second-order valence-corrected chi connectivity index (χ2v) is 6.94. The Bertz CT molecular complexity index is 391. The molecule has 21 heavy (non-hydrogen) atoms. The van der Waals surface area contributed by atoms with Gasteiger partial charge in [-0.2, -0.15) is 0 Å². The molecule has 3 rings (SSSR count). The number of likely N-dealkylation sites (tertiary alicyclic amines) is 1. The van der Waals surface area contributed by atoms with Crippen LogP contribution in [-0.2, 0) is 9.59 Å². The number of piperidine rings is 1. The number of amides is 2. The van der Waals surface area contributed by atoms with Crippen LogP contribution in [0.25, 0.3) is 0 Å². The van der Waals surface area contributed by atoms with E-state index in [-0.39, 0.29) is 17.7 Å². The van der Waals surface area contributed by atoms with Gasteiger partial charge in [-0.3, -0.25) is 9.59 Å². The third-order valence-electron chi connectivity index (χ3n) is 4.81. The van der Waals surface area contributed by atoms with Gasteiger partial charge in [-0.25, -0.2) is 0 Å². The van der Waals surface area contributed by atoms with Gasteiger partial charge in [0.2, 0.25) is 11.8 Å². The van der Waals surface area contributed by atoms with Gasteiger partial charge in [0.1, 0.15) is 0 Å². The fraction of sp³-hybridized carbons (Fsp3) is 0.875. The third-order valence-corrected chi connectivity index (χ3v) is 4.81. The van der Waals surface area contributed by atoms with Crippen LogP contribution in [0, 0.1) is 17.8 Å². The first-order chi connectivity index (χ1) is 10.2. The third kappa shape index (κ3) is 4.70. The Balaban J connectivity index is 1.38. The maximum atomic E-state index is 12.2. The van der Waals surface area contributed by atoms with Crippen molar-refractivity contribution in [3.05, 3.63) is 0 Å². The summed E-state index contributed by atoms with van der Waals surface area (Å²) in [6.07, 6.45) is 6.96. The lowest BCUT2D eigenvalue weighted by Crippen LogP contribution is -2.48. The van der Waals surface area contributed by atoms with Gasteiger partial charge in [0.05, 0.1) is 12.5 Å². The Labute approximate surface area is 126 Å². The Morgan fingerprint density at radius 3 is 2.43 bits per heavy atom. The minimum absolute atomic E-state index is 0.00937. The average Bonchev–Trinajstić information content (AvgIpc) is 3.38. The lowest BCUT2D eigenvalue weighted by molar-refractivity contribution is -0.135. The van der Waals surface area contributed by atoms with Crippen LogP contribution in [0.2, 0.25) is 0 Å². The maximum Gasteiger partial charge on any atom is 0.236 e. The molecule has 2 aliphatic carbocycles. The summed E-state index contributed by atoms with van der Waals surface area (Å²) in [6.45, 7) is 3.61. The molecule has 5 nitrogen and oxygen atoms in total. The number of hydrogen-bond donors (Lipinski definition) is 2. The SMILES string of the molecule is O=C(NCC1CC1)C1CCCN(C(=O)CNCC2CC2)C1. The molecule has 0 aromatic rings. The topological polar surface area (TPSA) is 61.4 Å². The van der Waals surface area contributed by atoms with Gasteiger partial charge >= 0.3 is 0 Å². The van der Waals surface area contributed by atoms with Crippen LogP contribution in [0.3, 0.4) is 0 Å². The average molecular weight is 293 g/mol. The van der Waals surface area contributed by atoms with E-state index in [0.29, 0.717) is 19.0 Å². The van der Waals surface area contributed by atoms with Crippen molar-refractivity contribution in [3.8, 4) is 0 Å². The molecule has 0 radical (unpaired) electrons. The molecule has 1 saturated heterocycles. The van der Waals surface area contributed by atoms with Crippen LogP contribution < -0.4 is 10.6 Å². The smallest absolute Gasteiger partial charge is 0.236 e. The van der Waals surface area contributed by atoms with Crippen molar-refractivity contribution < 1.29 is 9.59 Å². The summed E-state index contributed by atoms with van der Waals surface area (Å²) in [5, 5.41) is 6.29. The molecule has 2 amide bonds. The standard InChI is InChI=1S/C16H27N3O2/c20-15(10-17-8-12-3-4-12)19-7-1-2-14(11-19)16(21)18-9-13-5-6-13/h12-14,17H,1-11H2,(H,18,21). The first kappa shape index (κ1) is 14.8. The van der Waals surface area contributed by atoms with Gasteiger partial charge < -0.3 is 15.5 Å². The molecular formula is C16H27N3O2. The number of carbonyl (C=O) groups is 2. The zero-order valence-corrected chi connectivity index (χ0v) is 12.8. The van der Waals surface area contributed by atoms with Crippen LogP contribution in [0.1, 0.15) is 38.5 Å². The molecule has 0 aromatic carbocycles. The number of hydrogen-bond acceptors (Lipinski definition) is 3. The van der Waals surface area contributed by atoms with Gasteiger partial charge in [-0.15, -0.1) is 0 Å². The molecule has 118 valence electrons. The number of nitrogens with one attached hydrogen (secondary N) is 2. The lowest BCUT2D eigenvalue weighted by atomic mass is 9.97. The van der Waals surface area contributed by atoms with E-state index in [2.05, 4.69) is 10.6 Å². The fourth-order valence-electron chi connectivity index (χ4n) is 2.95. The van der Waals surface area contributed by atoms with E-state index in [1.807, 2.05) is 4.90 Å². The van der Waals surface area contributed by atoms with Crippen molar-refractivity contribution in [1.29, 1.82) is 0 Å². The Kier molecular flexibility index (Phi) is 4.78. The van der Waals surface area contributed by atoms with Crippen LogP contribution >= 0.6 is 0 Å². The highest BCUT2D eigenvalue weighted by molar-refractivity contribution is 5.82. The molecule has 5 heteroatoms. The highest BCUT2D eigenvalue weighted by Gasteiger charge is 2.30. The summed E-state index contributed by atoms with van der Waals surface area (Å²) in [5.41, 5.74) is 0. The first-order valence-corrected chi connectivity index (χ1v) is 8.48. The van der Waals surface area contributed by atoms with E-state index in [1.165, 1.54) is 25.7 Å². The van der Waals surface area contributed by atoms with Crippen LogP contribution in [-0.4, -0.2) is 49.4 Å². The van der Waals surface area contributed by atoms with E-state index in [9.17, 15) is 9.59 Å². The van der Waals surface area contributed by atoms with Crippen LogP contribution in [0.4, 0.5) is 0 Å². The predicted molar refractivity (Wildman–Crippen MR) is 80.6 cm³/mol. The molecule has 2 N–H and O–H groups in total. The highest BCUT2D eigenvalue weighted by Crippen LogP contribution is 2.28. The van der Waals surface area contributed by atoms with Gasteiger partial charge in [0, 0.05) is 19.6 Å². The van der Waals surface area contributed by atoms with E-state index >= 15 is 0 Å². The molecule has 0 aromatic heterocycles. The molecule has 0 bridgehead atoms. The van der Waals surface area contributed by atoms with Crippen molar-refractivity contribution in [1.82, 2.24) is 15.5 Å². The Hall–Kier alpha value is -1.10. The van der Waals surface area contributed by atoms with Crippen molar-refractivity contribution in [2.75, 3.05) is 32.7 Å². The quantitative estimate of drug-likeness (QED) is 0.728. The molecule has 1 unspecified atom stereocenters. The van der Waals surface area contributed by atoms with Gasteiger partial charge in [0.25, 0.3) is 0 Å². The second kappa shape index (κ2) is 6.77. The first-order valence-electron chi connectivity index (χ1n) is 8.48. The molecule has 0 spiro atoms. The largest absolute Gasteiger partial charge is 0.356 e. The van der Waals surface area contributed by atoms with E-state index in [4.69, 9.17) is 0 Å². The summed E-state index contributed by atoms with van der Waals surface area (Å²) in [5.74, 6) is 1.78. The summed E-state index contributed by atoms with van der Waals surface area (Å²) in [6, 6.07) is 0. The van der Waals surface area contributed by atoms with Gasteiger partial charge in [-0.1, -0.05) is 0 Å². The number of nitrogens with zero attached hydrogens (tertiary/aromatic N) is 1. The van der Waals surface area contributed by atoms with E-state index in [1.54, 1.807) is 0 Å². The molecular weight excluding hydrogens is 266 g/mol. The number of rotatable bonds is 7. The molecule has 1 aliphatic heterocycles. The fourth-order valence-corrected chi connectivity index (χ4v) is 2.95. The number of carbonyl (C=O) groups excluding carboxylic acids is 2. The van der Waals surface area contributed by atoms with Crippen molar-refractivity contribution >= 4 is 11.8 Å². The zero-order chi connectivity index (χ0) is 14.7. The normalized spacial score (nSPS) is 25.7. The Morgan fingerprint density at radius 1 is 1.00 bits per heavy atom. The minimum Gasteiger partial charge on any atom is -0.356 e. The van der Waals surface area contributed by atoms with Gasteiger partial charge in [-0.05, 0) is 56.9 Å². The summed E-state index contributed by atoms with van der Waals surface area (Å²) in [7, 11) is 0. The Morgan fingerprint density at radius 2 is 1.71 bits per heavy atom. The van der Waals surface area contributed by atoms with E-state index < -0.39 is 0 Å². The van der Waals surface area contributed by atoms with Gasteiger partial charge in [0.15, 0.2) is 0 Å². The monoisotopic (exact) mass is 293 g/mol. The molecule has 2 saturated carbocycles. The van der Waals surface area contributed by atoms with Crippen molar-refractivity contribution in [2.45, 2.75) is 38.5 Å².